The number of hydrogen-bond donors (Lipinski definition) is 1. The van der Waals surface area contributed by atoms with Gasteiger partial charge >= 0.3 is 0 Å². The first-order valence-electron chi connectivity index (χ1n) is 12.5. The number of aromatic nitrogens is 1. The molecule has 0 atom stereocenters. The van der Waals surface area contributed by atoms with Gasteiger partial charge in [0.2, 0.25) is 5.88 Å². The highest BCUT2D eigenvalue weighted by atomic mass is 32.2. The Balaban J connectivity index is 1.43. The Morgan fingerprint density at radius 1 is 1.03 bits per heavy atom. The molecule has 37 heavy (non-hydrogen) atoms. The lowest BCUT2D eigenvalue weighted by molar-refractivity contribution is 0.0342. The van der Waals surface area contributed by atoms with Crippen LogP contribution in [0.3, 0.4) is 0 Å². The lowest BCUT2D eigenvalue weighted by Crippen LogP contribution is -2.36. The topological polar surface area (TPSA) is 80.9 Å². The number of benzene rings is 2. The molecule has 2 N–H and O–H groups in total. The van der Waals surface area contributed by atoms with Crippen molar-refractivity contribution < 1.29 is 18.7 Å². The Morgan fingerprint density at radius 2 is 1.81 bits per heavy atom. The second-order valence-corrected chi connectivity index (χ2v) is 10.5. The first-order valence-corrected chi connectivity index (χ1v) is 13.7. The molecular weight excluding hydrogens is 491 g/mol. The van der Waals surface area contributed by atoms with Gasteiger partial charge < -0.3 is 15.2 Å². The molecule has 1 aromatic heterocycles. The van der Waals surface area contributed by atoms with Crippen molar-refractivity contribution in [1.29, 1.82) is 0 Å². The van der Waals surface area contributed by atoms with E-state index in [-0.39, 0.29) is 11.4 Å². The Kier molecular flexibility index (Phi) is 8.35. The summed E-state index contributed by atoms with van der Waals surface area (Å²) in [5, 5.41) is 0. The first kappa shape index (κ1) is 25.7. The fraction of sp³-hybridized carbons (Fsp3) is 0.357. The van der Waals surface area contributed by atoms with E-state index in [1.54, 1.807) is 6.07 Å². The molecule has 194 valence electrons. The van der Waals surface area contributed by atoms with Gasteiger partial charge in [0.05, 0.1) is 19.4 Å². The molecule has 2 aliphatic heterocycles. The van der Waals surface area contributed by atoms with Crippen LogP contribution in [0.25, 0.3) is 11.1 Å². The van der Waals surface area contributed by atoms with Gasteiger partial charge in [-0.1, -0.05) is 30.3 Å². The maximum Gasteiger partial charge on any atom is 0.254 e. The number of carbonyl (C=O) groups is 1. The van der Waals surface area contributed by atoms with Crippen LogP contribution >= 0.6 is 11.8 Å². The number of halogens is 1. The number of rotatable bonds is 8. The Labute approximate surface area is 220 Å². The normalized spacial score (nSPS) is 17.0. The van der Waals surface area contributed by atoms with Gasteiger partial charge in [0.15, 0.2) is 0 Å². The molecule has 0 aliphatic carbocycles. The molecule has 1 amide bonds. The number of ether oxygens (including phenoxy) is 2. The van der Waals surface area contributed by atoms with Crippen LogP contribution in [0, 0.1) is 5.82 Å². The average molecular weight is 523 g/mol. The SMILES string of the molecule is NC(=O)c1cc(F)cnc1Oc1cccc(-c2ccc(CN3CCSCC3)cc2CN2CCOCC2)c1. The number of thioether (sulfide) groups is 1. The summed E-state index contributed by atoms with van der Waals surface area (Å²) in [5.41, 5.74) is 9.98. The van der Waals surface area contributed by atoms with Crippen LogP contribution in [0.1, 0.15) is 21.5 Å². The Morgan fingerprint density at radius 3 is 2.59 bits per heavy atom. The van der Waals surface area contributed by atoms with Crippen LogP contribution in [0.15, 0.2) is 54.7 Å². The van der Waals surface area contributed by atoms with E-state index in [1.165, 1.54) is 22.6 Å². The monoisotopic (exact) mass is 522 g/mol. The van der Waals surface area contributed by atoms with E-state index in [4.69, 9.17) is 15.2 Å². The van der Waals surface area contributed by atoms with Gasteiger partial charge in [0, 0.05) is 50.8 Å². The van der Waals surface area contributed by atoms with Gasteiger partial charge in [0.25, 0.3) is 5.91 Å². The molecule has 7 nitrogen and oxygen atoms in total. The summed E-state index contributed by atoms with van der Waals surface area (Å²) < 4.78 is 25.0. The van der Waals surface area contributed by atoms with Gasteiger partial charge in [-0.2, -0.15) is 11.8 Å². The zero-order valence-corrected chi connectivity index (χ0v) is 21.5. The zero-order chi connectivity index (χ0) is 25.6. The summed E-state index contributed by atoms with van der Waals surface area (Å²) >= 11 is 2.02. The molecule has 2 aliphatic rings. The summed E-state index contributed by atoms with van der Waals surface area (Å²) in [5.74, 6) is 1.40. The third kappa shape index (κ3) is 6.67. The summed E-state index contributed by atoms with van der Waals surface area (Å²) in [6.45, 7) is 7.33. The van der Waals surface area contributed by atoms with Crippen LogP contribution in [0.4, 0.5) is 4.39 Å². The predicted molar refractivity (Wildman–Crippen MR) is 143 cm³/mol. The summed E-state index contributed by atoms with van der Waals surface area (Å²) in [7, 11) is 0. The van der Waals surface area contributed by atoms with Crippen molar-refractivity contribution in [3.8, 4) is 22.8 Å². The highest BCUT2D eigenvalue weighted by Gasteiger charge is 2.18. The molecule has 9 heteroatoms. The summed E-state index contributed by atoms with van der Waals surface area (Å²) in [6, 6.07) is 15.4. The highest BCUT2D eigenvalue weighted by molar-refractivity contribution is 7.99. The lowest BCUT2D eigenvalue weighted by Gasteiger charge is -2.29. The Bertz CT molecular complexity index is 1250. The molecule has 0 bridgehead atoms. The Hall–Kier alpha value is -2.98. The number of amides is 1. The minimum absolute atomic E-state index is 0.0189. The molecule has 2 saturated heterocycles. The van der Waals surface area contributed by atoms with Crippen molar-refractivity contribution >= 4 is 17.7 Å². The van der Waals surface area contributed by atoms with E-state index in [2.05, 4.69) is 33.0 Å². The van der Waals surface area contributed by atoms with Crippen molar-refractivity contribution in [2.45, 2.75) is 13.1 Å². The van der Waals surface area contributed by atoms with Crippen LogP contribution in [0.2, 0.25) is 0 Å². The van der Waals surface area contributed by atoms with E-state index < -0.39 is 11.7 Å². The highest BCUT2D eigenvalue weighted by Crippen LogP contribution is 2.32. The van der Waals surface area contributed by atoms with Crippen molar-refractivity contribution in [2.24, 2.45) is 5.73 Å². The number of carbonyl (C=O) groups excluding carboxylic acids is 1. The number of morpholine rings is 1. The second kappa shape index (κ2) is 12.0. The standard InChI is InChI=1S/C28H31FN4O3S/c29-23-16-26(27(30)34)28(31-17-23)36-24-3-1-2-21(15-24)25-5-4-20(18-33-8-12-37-13-9-33)14-22(25)19-32-6-10-35-11-7-32/h1-5,14-17H,6-13,18-19H2,(H2,30,34). The van der Waals surface area contributed by atoms with Gasteiger partial charge in [0.1, 0.15) is 17.1 Å². The third-order valence-electron chi connectivity index (χ3n) is 6.62. The molecule has 5 rings (SSSR count). The zero-order valence-electron chi connectivity index (χ0n) is 20.7. The van der Waals surface area contributed by atoms with Crippen LogP contribution < -0.4 is 10.5 Å². The molecule has 3 heterocycles. The van der Waals surface area contributed by atoms with Crippen molar-refractivity contribution in [1.82, 2.24) is 14.8 Å². The maximum absolute atomic E-state index is 13.6. The number of primary amides is 1. The predicted octanol–water partition coefficient (Wildman–Crippen LogP) is 4.16. The van der Waals surface area contributed by atoms with Gasteiger partial charge in [-0.3, -0.25) is 14.6 Å². The number of pyridine rings is 1. The quantitative estimate of drug-likeness (QED) is 0.476. The van der Waals surface area contributed by atoms with Crippen molar-refractivity contribution in [2.75, 3.05) is 50.9 Å². The molecule has 2 fully saturated rings. The number of hydrogen-bond acceptors (Lipinski definition) is 7. The smallest absolute Gasteiger partial charge is 0.254 e. The summed E-state index contributed by atoms with van der Waals surface area (Å²) in [4.78, 5) is 20.7. The van der Waals surface area contributed by atoms with E-state index in [9.17, 15) is 9.18 Å². The van der Waals surface area contributed by atoms with Gasteiger partial charge in [-0.15, -0.1) is 0 Å². The minimum Gasteiger partial charge on any atom is -0.438 e. The van der Waals surface area contributed by atoms with Crippen LogP contribution in [-0.2, 0) is 17.8 Å². The van der Waals surface area contributed by atoms with E-state index >= 15 is 0 Å². The lowest BCUT2D eigenvalue weighted by atomic mass is 9.96. The third-order valence-corrected chi connectivity index (χ3v) is 7.56. The average Bonchev–Trinajstić information content (AvgIpc) is 2.91. The molecule has 3 aromatic rings. The van der Waals surface area contributed by atoms with Crippen molar-refractivity contribution in [3.05, 3.63) is 77.2 Å². The first-order chi connectivity index (χ1) is 18.0. The molecule has 0 saturated carbocycles. The molecule has 2 aromatic carbocycles. The number of nitrogens with zero attached hydrogens (tertiary/aromatic N) is 3. The van der Waals surface area contributed by atoms with E-state index in [0.717, 1.165) is 75.9 Å². The van der Waals surface area contributed by atoms with Gasteiger partial charge in [-0.25, -0.2) is 9.37 Å². The molecule has 0 unspecified atom stereocenters. The fourth-order valence-electron chi connectivity index (χ4n) is 4.70. The summed E-state index contributed by atoms with van der Waals surface area (Å²) in [6.07, 6.45) is 1.01. The maximum atomic E-state index is 13.6. The molecule has 0 radical (unpaired) electrons. The van der Waals surface area contributed by atoms with E-state index in [0.29, 0.717) is 5.75 Å². The fourth-order valence-corrected chi connectivity index (χ4v) is 5.68. The van der Waals surface area contributed by atoms with Crippen LogP contribution in [0.5, 0.6) is 11.6 Å². The van der Waals surface area contributed by atoms with Crippen LogP contribution in [-0.4, -0.2) is 71.6 Å². The van der Waals surface area contributed by atoms with Gasteiger partial charge in [-0.05, 0) is 40.5 Å². The minimum atomic E-state index is -0.797. The molecule has 0 spiro atoms. The molecular formula is C28H31FN4O3S. The number of nitrogens with two attached hydrogens (primary N) is 1. The van der Waals surface area contributed by atoms with E-state index in [1.807, 2.05) is 30.0 Å². The largest absolute Gasteiger partial charge is 0.438 e. The second-order valence-electron chi connectivity index (χ2n) is 9.27. The van der Waals surface area contributed by atoms with Crippen molar-refractivity contribution in [3.63, 3.8) is 0 Å².